The summed E-state index contributed by atoms with van der Waals surface area (Å²) in [6, 6.07) is 8.24. The number of aromatic nitrogens is 1. The summed E-state index contributed by atoms with van der Waals surface area (Å²) < 4.78 is 5.57. The zero-order valence-electron chi connectivity index (χ0n) is 19.9. The lowest BCUT2D eigenvalue weighted by atomic mass is 9.66. The van der Waals surface area contributed by atoms with Gasteiger partial charge < -0.3 is 20.4 Å². The van der Waals surface area contributed by atoms with Crippen molar-refractivity contribution >= 4 is 13.8 Å². The van der Waals surface area contributed by atoms with E-state index in [1.807, 2.05) is 6.07 Å². The first-order chi connectivity index (χ1) is 15.8. The van der Waals surface area contributed by atoms with E-state index in [9.17, 15) is 9.59 Å². The molecule has 2 atom stereocenters. The molecule has 1 aromatic carbocycles. The number of pyridine rings is 1. The predicted molar refractivity (Wildman–Crippen MR) is 131 cm³/mol. The second-order valence-corrected chi connectivity index (χ2v) is 9.96. The molecule has 1 saturated carbocycles. The fourth-order valence-electron chi connectivity index (χ4n) is 5.55. The van der Waals surface area contributed by atoms with Crippen LogP contribution in [0.2, 0.25) is 0 Å². The van der Waals surface area contributed by atoms with Crippen molar-refractivity contribution < 1.29 is 9.53 Å². The van der Waals surface area contributed by atoms with Gasteiger partial charge in [-0.25, -0.2) is 0 Å². The van der Waals surface area contributed by atoms with Crippen LogP contribution in [0.15, 0.2) is 29.1 Å². The maximum atomic E-state index is 12.6. The summed E-state index contributed by atoms with van der Waals surface area (Å²) in [6.45, 7) is 6.64. The number of nitrogens with one attached hydrogen (secondary N) is 1. The Morgan fingerprint density at radius 3 is 2.70 bits per heavy atom. The molecule has 2 aromatic rings. The Morgan fingerprint density at radius 2 is 2.09 bits per heavy atom. The summed E-state index contributed by atoms with van der Waals surface area (Å²) in [5.41, 5.74) is 8.74. The third-order valence-corrected chi connectivity index (χ3v) is 7.61. The number of ether oxygens (including phenoxy) is 1. The Bertz CT molecular complexity index is 1090. The number of hydrogen-bond acceptors (Lipinski definition) is 4. The third-order valence-electron chi connectivity index (χ3n) is 7.61. The van der Waals surface area contributed by atoms with Gasteiger partial charge >= 0.3 is 0 Å². The highest BCUT2D eigenvalue weighted by atomic mass is 16.5. The van der Waals surface area contributed by atoms with Crippen LogP contribution in [-0.2, 0) is 18.2 Å². The number of carbonyl (C=O) groups is 1. The van der Waals surface area contributed by atoms with Crippen LogP contribution in [-0.4, -0.2) is 49.9 Å². The normalized spacial score (nSPS) is 23.4. The minimum Gasteiger partial charge on any atom is -0.497 e. The van der Waals surface area contributed by atoms with Gasteiger partial charge in [0.2, 0.25) is 0 Å². The third kappa shape index (κ3) is 4.88. The second kappa shape index (κ2) is 9.37. The number of likely N-dealkylation sites (tertiary alicyclic amines) is 1. The molecule has 2 radical (unpaired) electrons. The van der Waals surface area contributed by atoms with E-state index >= 15 is 0 Å². The Labute approximate surface area is 197 Å². The average Bonchev–Trinajstić information content (AvgIpc) is 3.60. The Morgan fingerprint density at radius 1 is 1.33 bits per heavy atom. The van der Waals surface area contributed by atoms with Crippen LogP contribution >= 0.6 is 0 Å². The SMILES string of the molecule is [B]Cc1cc(C(N)=O)c(=O)[nH]c1CC1(c2cc(OC)ccc2C)CCN(CC2CC2)C(C)C1. The minimum absolute atomic E-state index is 0.0431. The first-order valence-electron chi connectivity index (χ1n) is 11.9. The van der Waals surface area contributed by atoms with E-state index in [4.69, 9.17) is 18.3 Å². The lowest BCUT2D eigenvalue weighted by molar-refractivity contribution is 0.0960. The van der Waals surface area contributed by atoms with Crippen LogP contribution < -0.4 is 16.0 Å². The lowest BCUT2D eigenvalue weighted by Crippen LogP contribution is -2.50. The highest BCUT2D eigenvalue weighted by molar-refractivity contribution is 6.08. The fourth-order valence-corrected chi connectivity index (χ4v) is 5.55. The number of methoxy groups -OCH3 is 1. The fraction of sp³-hybridized carbons (Fsp3) is 0.538. The van der Waals surface area contributed by atoms with Gasteiger partial charge in [-0.2, -0.15) is 0 Å². The number of carbonyl (C=O) groups excluding carboxylic acids is 1. The molecule has 1 amide bonds. The molecular weight excluding hydrogens is 413 g/mol. The number of aryl methyl sites for hydroxylation is 1. The van der Waals surface area contributed by atoms with Crippen LogP contribution in [0.4, 0.5) is 0 Å². The van der Waals surface area contributed by atoms with Crippen molar-refractivity contribution in [3.05, 3.63) is 62.6 Å². The number of benzene rings is 1. The first-order valence-corrected chi connectivity index (χ1v) is 11.9. The molecule has 2 aliphatic rings. The molecular formula is C26H34BN3O3. The Kier molecular flexibility index (Phi) is 6.71. The van der Waals surface area contributed by atoms with Crippen molar-refractivity contribution in [2.75, 3.05) is 20.2 Å². The van der Waals surface area contributed by atoms with Crippen molar-refractivity contribution in [1.29, 1.82) is 0 Å². The van der Waals surface area contributed by atoms with Gasteiger partial charge in [0.05, 0.1) is 15.0 Å². The number of hydrogen-bond donors (Lipinski definition) is 2. The molecule has 1 saturated heterocycles. The van der Waals surface area contributed by atoms with Gasteiger partial charge in [-0.05, 0) is 93.3 Å². The number of piperidine rings is 1. The Balaban J connectivity index is 1.77. The molecule has 3 N–H and O–H groups in total. The summed E-state index contributed by atoms with van der Waals surface area (Å²) in [6.07, 6.45) is 5.50. The van der Waals surface area contributed by atoms with Crippen molar-refractivity contribution in [2.45, 2.75) is 63.7 Å². The van der Waals surface area contributed by atoms with Crippen LogP contribution in [0.1, 0.15) is 65.3 Å². The predicted octanol–water partition coefficient (Wildman–Crippen LogP) is 2.83. The van der Waals surface area contributed by atoms with Gasteiger partial charge in [-0.3, -0.25) is 9.59 Å². The minimum atomic E-state index is -0.738. The molecule has 33 heavy (non-hydrogen) atoms. The molecule has 7 heteroatoms. The summed E-state index contributed by atoms with van der Waals surface area (Å²) in [4.78, 5) is 29.9. The number of aromatic amines is 1. The maximum Gasteiger partial charge on any atom is 0.261 e. The zero-order valence-corrected chi connectivity index (χ0v) is 19.9. The topological polar surface area (TPSA) is 88.4 Å². The Hall–Kier alpha value is -2.54. The van der Waals surface area contributed by atoms with E-state index in [0.717, 1.165) is 42.3 Å². The first kappa shape index (κ1) is 23.6. The monoisotopic (exact) mass is 447 g/mol. The van der Waals surface area contributed by atoms with Crippen molar-refractivity contribution in [2.24, 2.45) is 11.7 Å². The zero-order chi connectivity index (χ0) is 23.8. The molecule has 174 valence electrons. The highest BCUT2D eigenvalue weighted by Crippen LogP contribution is 2.44. The van der Waals surface area contributed by atoms with Crippen molar-refractivity contribution in [1.82, 2.24) is 9.88 Å². The molecule has 0 spiro atoms. The van der Waals surface area contributed by atoms with E-state index in [2.05, 4.69) is 35.9 Å². The molecule has 1 aromatic heterocycles. The molecule has 2 heterocycles. The van der Waals surface area contributed by atoms with Gasteiger partial charge in [0.1, 0.15) is 11.3 Å². The second-order valence-electron chi connectivity index (χ2n) is 9.96. The number of rotatable bonds is 8. The molecule has 2 fully saturated rings. The number of H-pyrrole nitrogens is 1. The lowest BCUT2D eigenvalue weighted by Gasteiger charge is -2.47. The van der Waals surface area contributed by atoms with Crippen molar-refractivity contribution in [3.63, 3.8) is 0 Å². The van der Waals surface area contributed by atoms with Gasteiger partial charge in [-0.1, -0.05) is 12.4 Å². The maximum absolute atomic E-state index is 12.6. The molecule has 2 unspecified atom stereocenters. The molecule has 1 aliphatic carbocycles. The van der Waals surface area contributed by atoms with Crippen LogP contribution in [0, 0.1) is 12.8 Å². The van der Waals surface area contributed by atoms with Gasteiger partial charge in [-0.15, -0.1) is 0 Å². The molecule has 0 bridgehead atoms. The standard InChI is InChI=1S/C26H34BN3O3/c1-16-4-7-20(33-3)11-22(16)26(8-9-30(17(2)12-26)15-18-5-6-18)13-23-19(14-27)10-21(24(28)31)25(32)29-23/h4,7,10-11,17-18H,5-6,8-9,12-15H2,1-3H3,(H2,28,31)(H,29,32). The summed E-state index contributed by atoms with van der Waals surface area (Å²) in [5.74, 6) is 0.942. The van der Waals surface area contributed by atoms with Gasteiger partial charge in [0.25, 0.3) is 11.5 Å². The van der Waals surface area contributed by atoms with Crippen LogP contribution in [0.25, 0.3) is 0 Å². The molecule has 1 aliphatic heterocycles. The number of primary amides is 1. The largest absolute Gasteiger partial charge is 0.497 e. The van der Waals surface area contributed by atoms with Crippen LogP contribution in [0.3, 0.4) is 0 Å². The molecule has 4 rings (SSSR count). The van der Waals surface area contributed by atoms with Gasteiger partial charge in [0.15, 0.2) is 0 Å². The number of nitrogens with two attached hydrogens (primary N) is 1. The quantitative estimate of drug-likeness (QED) is 0.610. The summed E-state index contributed by atoms with van der Waals surface area (Å²) >= 11 is 0. The summed E-state index contributed by atoms with van der Waals surface area (Å²) in [5, 5.41) is 0. The van der Waals surface area contributed by atoms with E-state index in [1.165, 1.54) is 30.5 Å². The number of nitrogens with zero attached hydrogens (tertiary/aromatic N) is 1. The van der Waals surface area contributed by atoms with Crippen molar-refractivity contribution in [3.8, 4) is 5.75 Å². The van der Waals surface area contributed by atoms with E-state index < -0.39 is 11.5 Å². The van der Waals surface area contributed by atoms with E-state index in [-0.39, 0.29) is 17.3 Å². The van der Waals surface area contributed by atoms with Gasteiger partial charge in [0, 0.05) is 23.7 Å². The summed E-state index contributed by atoms with van der Waals surface area (Å²) in [7, 11) is 7.73. The molecule has 6 nitrogen and oxygen atoms in total. The highest BCUT2D eigenvalue weighted by Gasteiger charge is 2.42. The van der Waals surface area contributed by atoms with Crippen LogP contribution in [0.5, 0.6) is 5.75 Å². The van der Waals surface area contributed by atoms with E-state index in [0.29, 0.717) is 12.5 Å². The number of amides is 1. The van der Waals surface area contributed by atoms with E-state index in [1.54, 1.807) is 13.2 Å². The smallest absolute Gasteiger partial charge is 0.261 e. The average molecular weight is 447 g/mol.